The molecule has 1 amide bonds. The number of nitrogens with zero attached hydrogens (tertiary/aromatic N) is 3. The van der Waals surface area contributed by atoms with Crippen LogP contribution in [0.1, 0.15) is 10.4 Å². The summed E-state index contributed by atoms with van der Waals surface area (Å²) in [5.41, 5.74) is 1.32. The van der Waals surface area contributed by atoms with Gasteiger partial charge in [-0.05, 0) is 18.2 Å². The number of aromatic amines is 1. The summed E-state index contributed by atoms with van der Waals surface area (Å²) in [4.78, 5) is 11.9. The zero-order valence-electron chi connectivity index (χ0n) is 9.29. The van der Waals surface area contributed by atoms with Crippen LogP contribution in [0.2, 0.25) is 0 Å². The number of H-pyrrole nitrogens is 1. The van der Waals surface area contributed by atoms with Crippen molar-refractivity contribution in [3.05, 3.63) is 48.3 Å². The van der Waals surface area contributed by atoms with E-state index in [9.17, 15) is 4.79 Å². The number of benzene rings is 1. The Hall–Kier alpha value is -2.76. The molecule has 0 unspecified atom stereocenters. The number of para-hydroxylation sites is 1. The first-order valence-corrected chi connectivity index (χ1v) is 5.36. The summed E-state index contributed by atoms with van der Waals surface area (Å²) in [6.07, 6.45) is 2.88. The fraction of sp³-hybridized carbons (Fsp3) is 0. The Morgan fingerprint density at radius 2 is 2.06 bits per heavy atom. The number of carbonyl (C=O) groups excluding carboxylic acids is 1. The average molecular weight is 239 g/mol. The van der Waals surface area contributed by atoms with E-state index in [1.54, 1.807) is 6.07 Å². The van der Waals surface area contributed by atoms with Gasteiger partial charge in [0.25, 0.3) is 5.91 Å². The molecule has 2 heterocycles. The molecule has 0 aliphatic rings. The first-order chi connectivity index (χ1) is 8.84. The Bertz CT molecular complexity index is 692. The molecule has 0 aliphatic heterocycles. The Morgan fingerprint density at radius 1 is 1.17 bits per heavy atom. The number of nitrogens with one attached hydrogen (secondary N) is 2. The molecule has 0 atom stereocenters. The molecule has 3 aromatic rings. The topological polar surface area (TPSA) is 83.6 Å². The zero-order chi connectivity index (χ0) is 12.4. The number of hydrogen-bond acceptors (Lipinski definition) is 4. The van der Waals surface area contributed by atoms with Gasteiger partial charge in [-0.3, -0.25) is 9.89 Å². The summed E-state index contributed by atoms with van der Waals surface area (Å²) in [7, 11) is 0. The smallest absolute Gasteiger partial charge is 0.258 e. The lowest BCUT2D eigenvalue weighted by molar-refractivity contribution is 0.102. The third-order valence-corrected chi connectivity index (χ3v) is 2.55. The first-order valence-electron chi connectivity index (χ1n) is 5.36. The third kappa shape index (κ3) is 1.80. The fourth-order valence-corrected chi connectivity index (χ4v) is 1.66. The van der Waals surface area contributed by atoms with E-state index in [1.807, 2.05) is 24.3 Å². The predicted octanol–water partition coefficient (Wildman–Crippen LogP) is 1.61. The van der Waals surface area contributed by atoms with Gasteiger partial charge in [-0.1, -0.05) is 12.1 Å². The molecule has 2 aromatic heterocycles. The highest BCUT2D eigenvalue weighted by Crippen LogP contribution is 2.19. The summed E-state index contributed by atoms with van der Waals surface area (Å²) < 4.78 is 0. The van der Waals surface area contributed by atoms with E-state index in [4.69, 9.17) is 0 Å². The van der Waals surface area contributed by atoms with E-state index in [0.717, 1.165) is 10.9 Å². The molecule has 0 saturated heterocycles. The summed E-state index contributed by atoms with van der Waals surface area (Å²) in [5.74, 6) is 0.245. The van der Waals surface area contributed by atoms with Gasteiger partial charge in [0.05, 0.1) is 23.5 Å². The van der Waals surface area contributed by atoms with Gasteiger partial charge < -0.3 is 5.32 Å². The highest BCUT2D eigenvalue weighted by atomic mass is 16.1. The largest absolute Gasteiger partial charge is 0.305 e. The van der Waals surface area contributed by atoms with E-state index in [1.165, 1.54) is 12.4 Å². The minimum absolute atomic E-state index is 0.262. The maximum Gasteiger partial charge on any atom is 0.258 e. The van der Waals surface area contributed by atoms with Crippen LogP contribution in [0, 0.1) is 0 Å². The molecule has 0 aliphatic carbocycles. The van der Waals surface area contributed by atoms with Crippen LogP contribution in [0.4, 0.5) is 5.82 Å². The van der Waals surface area contributed by atoms with Gasteiger partial charge in [0, 0.05) is 5.39 Å². The van der Waals surface area contributed by atoms with Crippen LogP contribution < -0.4 is 5.32 Å². The number of amides is 1. The van der Waals surface area contributed by atoms with Crippen LogP contribution in [-0.2, 0) is 0 Å². The fourth-order valence-electron chi connectivity index (χ4n) is 1.66. The van der Waals surface area contributed by atoms with Crippen molar-refractivity contribution in [3.8, 4) is 0 Å². The minimum atomic E-state index is -0.262. The summed E-state index contributed by atoms with van der Waals surface area (Å²) >= 11 is 0. The number of fused-ring (bicyclic) bond motifs is 1. The molecule has 6 nitrogen and oxygen atoms in total. The second kappa shape index (κ2) is 4.25. The molecule has 18 heavy (non-hydrogen) atoms. The van der Waals surface area contributed by atoms with Crippen molar-refractivity contribution in [2.24, 2.45) is 0 Å². The molecule has 0 saturated carbocycles. The van der Waals surface area contributed by atoms with Crippen molar-refractivity contribution < 1.29 is 4.79 Å². The van der Waals surface area contributed by atoms with Gasteiger partial charge in [-0.2, -0.15) is 15.3 Å². The van der Waals surface area contributed by atoms with E-state index in [0.29, 0.717) is 11.4 Å². The lowest BCUT2D eigenvalue weighted by Crippen LogP contribution is -2.12. The molecule has 0 radical (unpaired) electrons. The van der Waals surface area contributed by atoms with Gasteiger partial charge >= 0.3 is 0 Å². The molecule has 0 bridgehead atoms. The Balaban J connectivity index is 1.91. The normalized spacial score (nSPS) is 10.4. The molecule has 0 spiro atoms. The minimum Gasteiger partial charge on any atom is -0.305 e. The maximum absolute atomic E-state index is 11.9. The third-order valence-electron chi connectivity index (χ3n) is 2.55. The molecular formula is C12H9N5O. The molecule has 3 rings (SSSR count). The number of rotatable bonds is 2. The number of hydrogen-bond donors (Lipinski definition) is 2. The maximum atomic E-state index is 11.9. The van der Waals surface area contributed by atoms with Gasteiger partial charge in [-0.25, -0.2) is 0 Å². The van der Waals surface area contributed by atoms with Crippen LogP contribution in [0.5, 0.6) is 0 Å². The SMILES string of the molecule is O=C(Nc1n[nH]c2ccccc12)c1ccnnc1. The van der Waals surface area contributed by atoms with Crippen molar-refractivity contribution in [3.63, 3.8) is 0 Å². The monoisotopic (exact) mass is 239 g/mol. The standard InChI is InChI=1S/C12H9N5O/c18-12(8-5-6-13-14-7-8)15-11-9-3-1-2-4-10(9)16-17-11/h1-7H,(H2,15,16,17,18). The average Bonchev–Trinajstić information content (AvgIpc) is 2.83. The second-order valence-electron chi connectivity index (χ2n) is 3.70. The summed E-state index contributed by atoms with van der Waals surface area (Å²) in [5, 5.41) is 17.8. The molecule has 2 N–H and O–H groups in total. The number of carbonyl (C=O) groups is 1. The molecule has 6 heteroatoms. The van der Waals surface area contributed by atoms with E-state index >= 15 is 0 Å². The zero-order valence-corrected chi connectivity index (χ0v) is 9.29. The van der Waals surface area contributed by atoms with Gasteiger partial charge in [0.2, 0.25) is 0 Å². The van der Waals surface area contributed by atoms with Crippen molar-refractivity contribution in [2.75, 3.05) is 5.32 Å². The van der Waals surface area contributed by atoms with Gasteiger partial charge in [0.15, 0.2) is 5.82 Å². The van der Waals surface area contributed by atoms with Gasteiger partial charge in [0.1, 0.15) is 0 Å². The van der Waals surface area contributed by atoms with Crippen LogP contribution in [0.25, 0.3) is 10.9 Å². The van der Waals surface area contributed by atoms with E-state index in [-0.39, 0.29) is 5.91 Å². The van der Waals surface area contributed by atoms with Crippen molar-refractivity contribution in [1.82, 2.24) is 20.4 Å². The lowest BCUT2D eigenvalue weighted by atomic mass is 10.2. The highest BCUT2D eigenvalue weighted by molar-refractivity contribution is 6.07. The highest BCUT2D eigenvalue weighted by Gasteiger charge is 2.10. The van der Waals surface area contributed by atoms with Crippen LogP contribution in [0.3, 0.4) is 0 Å². The van der Waals surface area contributed by atoms with Crippen LogP contribution >= 0.6 is 0 Å². The Kier molecular flexibility index (Phi) is 2.45. The van der Waals surface area contributed by atoms with Gasteiger partial charge in [-0.15, -0.1) is 0 Å². The number of aromatic nitrogens is 4. The molecular weight excluding hydrogens is 230 g/mol. The van der Waals surface area contributed by atoms with Crippen LogP contribution in [0.15, 0.2) is 42.7 Å². The van der Waals surface area contributed by atoms with Crippen LogP contribution in [-0.4, -0.2) is 26.3 Å². The molecule has 0 fully saturated rings. The Labute approximate surface area is 102 Å². The molecule has 1 aromatic carbocycles. The van der Waals surface area contributed by atoms with E-state index in [2.05, 4.69) is 25.7 Å². The molecule has 88 valence electrons. The van der Waals surface area contributed by atoms with Crippen molar-refractivity contribution in [2.45, 2.75) is 0 Å². The first kappa shape index (κ1) is 10.4. The summed E-state index contributed by atoms with van der Waals surface area (Å²) in [6, 6.07) is 9.17. The quantitative estimate of drug-likeness (QED) is 0.711. The van der Waals surface area contributed by atoms with E-state index < -0.39 is 0 Å². The Morgan fingerprint density at radius 3 is 2.89 bits per heavy atom. The predicted molar refractivity (Wildman–Crippen MR) is 66.1 cm³/mol. The summed E-state index contributed by atoms with van der Waals surface area (Å²) in [6.45, 7) is 0. The number of anilines is 1. The second-order valence-corrected chi connectivity index (χ2v) is 3.70. The lowest BCUT2D eigenvalue weighted by Gasteiger charge is -2.01. The van der Waals surface area contributed by atoms with Crippen molar-refractivity contribution in [1.29, 1.82) is 0 Å². The van der Waals surface area contributed by atoms with Crippen molar-refractivity contribution >= 4 is 22.6 Å².